The van der Waals surface area contributed by atoms with Crippen molar-refractivity contribution >= 4 is 5.97 Å². The van der Waals surface area contributed by atoms with Crippen molar-refractivity contribution in [1.29, 1.82) is 0 Å². The van der Waals surface area contributed by atoms with Crippen LogP contribution in [-0.2, 0) is 11.3 Å². The smallest absolute Gasteiger partial charge is 0.303 e. The molecule has 0 amide bonds. The standard InChI is InChI=1S/C12H12F2N4O2/c1-7(2-11(19)20)6-18-12(15-16-17-18)8-3-9(13)5-10(14)4-8/h3-5,7H,2,6H2,1H3,(H,19,20). The third-order valence-corrected chi connectivity index (χ3v) is 2.66. The quantitative estimate of drug-likeness (QED) is 0.903. The van der Waals surface area contributed by atoms with Crippen LogP contribution < -0.4 is 0 Å². The predicted molar refractivity (Wildman–Crippen MR) is 64.6 cm³/mol. The van der Waals surface area contributed by atoms with Crippen LogP contribution in [0.1, 0.15) is 13.3 Å². The Kier molecular flexibility index (Phi) is 4.02. The highest BCUT2D eigenvalue weighted by Crippen LogP contribution is 2.20. The van der Waals surface area contributed by atoms with Gasteiger partial charge in [0.2, 0.25) is 0 Å². The molecular formula is C12H12F2N4O2. The summed E-state index contributed by atoms with van der Waals surface area (Å²) in [5.74, 6) is -2.40. The van der Waals surface area contributed by atoms with Crippen molar-refractivity contribution in [3.05, 3.63) is 29.8 Å². The summed E-state index contributed by atoms with van der Waals surface area (Å²) in [6.07, 6.45) is -0.0448. The number of nitrogens with zero attached hydrogens (tertiary/aromatic N) is 4. The molecule has 0 aliphatic carbocycles. The van der Waals surface area contributed by atoms with Crippen molar-refractivity contribution < 1.29 is 18.7 Å². The second-order valence-electron chi connectivity index (χ2n) is 4.55. The van der Waals surface area contributed by atoms with Crippen molar-refractivity contribution in [2.75, 3.05) is 0 Å². The third kappa shape index (κ3) is 3.34. The highest BCUT2D eigenvalue weighted by Gasteiger charge is 2.15. The van der Waals surface area contributed by atoms with Crippen molar-refractivity contribution in [2.45, 2.75) is 19.9 Å². The molecule has 2 rings (SSSR count). The van der Waals surface area contributed by atoms with Gasteiger partial charge >= 0.3 is 5.97 Å². The van der Waals surface area contributed by atoms with E-state index in [1.807, 2.05) is 0 Å². The summed E-state index contributed by atoms with van der Waals surface area (Å²) in [6.45, 7) is 1.97. The van der Waals surface area contributed by atoms with Gasteiger partial charge in [-0.3, -0.25) is 4.79 Å². The van der Waals surface area contributed by atoms with E-state index in [-0.39, 0.29) is 30.3 Å². The van der Waals surface area contributed by atoms with Crippen molar-refractivity contribution in [2.24, 2.45) is 5.92 Å². The van der Waals surface area contributed by atoms with Gasteiger partial charge in [0.15, 0.2) is 5.82 Å². The second kappa shape index (κ2) is 5.72. The Morgan fingerprint density at radius 3 is 2.60 bits per heavy atom. The highest BCUT2D eigenvalue weighted by molar-refractivity contribution is 5.66. The van der Waals surface area contributed by atoms with Gasteiger partial charge in [0.25, 0.3) is 0 Å². The number of halogens is 2. The van der Waals surface area contributed by atoms with Gasteiger partial charge in [-0.2, -0.15) is 0 Å². The van der Waals surface area contributed by atoms with E-state index in [1.54, 1.807) is 6.92 Å². The van der Waals surface area contributed by atoms with Crippen LogP contribution in [0, 0.1) is 17.6 Å². The zero-order chi connectivity index (χ0) is 14.7. The maximum atomic E-state index is 13.2. The molecule has 1 N–H and O–H groups in total. The molecule has 0 aliphatic rings. The maximum Gasteiger partial charge on any atom is 0.303 e. The van der Waals surface area contributed by atoms with Crippen LogP contribution >= 0.6 is 0 Å². The Morgan fingerprint density at radius 2 is 2.00 bits per heavy atom. The number of benzene rings is 1. The summed E-state index contributed by atoms with van der Waals surface area (Å²) in [5, 5.41) is 19.6. The number of carbonyl (C=O) groups is 1. The monoisotopic (exact) mass is 282 g/mol. The number of rotatable bonds is 5. The minimum Gasteiger partial charge on any atom is -0.481 e. The maximum absolute atomic E-state index is 13.2. The van der Waals surface area contributed by atoms with Crippen LogP contribution in [0.3, 0.4) is 0 Å². The van der Waals surface area contributed by atoms with Gasteiger partial charge in [-0.05, 0) is 28.5 Å². The van der Waals surface area contributed by atoms with E-state index in [1.165, 1.54) is 4.68 Å². The lowest BCUT2D eigenvalue weighted by atomic mass is 10.1. The van der Waals surface area contributed by atoms with Gasteiger partial charge in [0.1, 0.15) is 11.6 Å². The number of tetrazole rings is 1. The van der Waals surface area contributed by atoms with Crippen LogP contribution in [-0.4, -0.2) is 31.3 Å². The summed E-state index contributed by atoms with van der Waals surface area (Å²) >= 11 is 0. The van der Waals surface area contributed by atoms with Crippen molar-refractivity contribution in [3.8, 4) is 11.4 Å². The van der Waals surface area contributed by atoms with Gasteiger partial charge in [-0.15, -0.1) is 5.10 Å². The summed E-state index contributed by atoms with van der Waals surface area (Å²) < 4.78 is 27.7. The van der Waals surface area contributed by atoms with E-state index in [0.717, 1.165) is 18.2 Å². The lowest BCUT2D eigenvalue weighted by Crippen LogP contribution is -2.14. The fourth-order valence-corrected chi connectivity index (χ4v) is 1.88. The summed E-state index contributed by atoms with van der Waals surface area (Å²) in [4.78, 5) is 10.6. The van der Waals surface area contributed by atoms with Gasteiger partial charge in [0, 0.05) is 24.6 Å². The lowest BCUT2D eigenvalue weighted by molar-refractivity contribution is -0.138. The molecule has 1 aromatic heterocycles. The van der Waals surface area contributed by atoms with Gasteiger partial charge in [-0.25, -0.2) is 13.5 Å². The topological polar surface area (TPSA) is 80.9 Å². The van der Waals surface area contributed by atoms with E-state index in [4.69, 9.17) is 5.11 Å². The Bertz CT molecular complexity index is 609. The first-order valence-electron chi connectivity index (χ1n) is 5.90. The Morgan fingerprint density at radius 1 is 1.35 bits per heavy atom. The van der Waals surface area contributed by atoms with Gasteiger partial charge in [0.05, 0.1) is 0 Å². The molecule has 0 bridgehead atoms. The molecule has 6 nitrogen and oxygen atoms in total. The van der Waals surface area contributed by atoms with Crippen LogP contribution in [0.2, 0.25) is 0 Å². The van der Waals surface area contributed by atoms with Crippen LogP contribution in [0.25, 0.3) is 11.4 Å². The third-order valence-electron chi connectivity index (χ3n) is 2.66. The summed E-state index contributed by atoms with van der Waals surface area (Å²) in [7, 11) is 0. The Hall–Kier alpha value is -2.38. The second-order valence-corrected chi connectivity index (χ2v) is 4.55. The molecule has 0 spiro atoms. The van der Waals surface area contributed by atoms with Crippen LogP contribution in [0.5, 0.6) is 0 Å². The van der Waals surface area contributed by atoms with Crippen molar-refractivity contribution in [3.63, 3.8) is 0 Å². The minimum atomic E-state index is -0.927. The summed E-state index contributed by atoms with van der Waals surface area (Å²) in [6, 6.07) is 2.99. The molecular weight excluding hydrogens is 270 g/mol. The lowest BCUT2D eigenvalue weighted by Gasteiger charge is -2.10. The van der Waals surface area contributed by atoms with Crippen molar-refractivity contribution in [1.82, 2.24) is 20.2 Å². The largest absolute Gasteiger partial charge is 0.481 e. The number of carboxylic acids is 1. The molecule has 0 saturated heterocycles. The first-order valence-corrected chi connectivity index (χ1v) is 5.90. The zero-order valence-corrected chi connectivity index (χ0v) is 10.6. The molecule has 20 heavy (non-hydrogen) atoms. The van der Waals surface area contributed by atoms with E-state index in [0.29, 0.717) is 0 Å². The molecule has 1 aromatic carbocycles. The number of carboxylic acid groups (broad SMARTS) is 1. The SMILES string of the molecule is CC(CC(=O)O)Cn1nnnc1-c1cc(F)cc(F)c1. The molecule has 8 heteroatoms. The first-order chi connectivity index (χ1) is 9.45. The van der Waals surface area contributed by atoms with E-state index < -0.39 is 17.6 Å². The highest BCUT2D eigenvalue weighted by atomic mass is 19.1. The molecule has 1 unspecified atom stereocenters. The number of hydrogen-bond donors (Lipinski definition) is 1. The van der Waals surface area contributed by atoms with Gasteiger partial charge in [-0.1, -0.05) is 6.92 Å². The predicted octanol–water partition coefficient (Wildman–Crippen LogP) is 1.73. The number of aromatic nitrogens is 4. The summed E-state index contributed by atoms with van der Waals surface area (Å²) in [5.41, 5.74) is 0.204. The Balaban J connectivity index is 2.26. The minimum absolute atomic E-state index is 0.0448. The zero-order valence-electron chi connectivity index (χ0n) is 10.6. The average Bonchev–Trinajstić information content (AvgIpc) is 2.74. The van der Waals surface area contributed by atoms with E-state index >= 15 is 0 Å². The van der Waals surface area contributed by atoms with Gasteiger partial charge < -0.3 is 5.11 Å². The molecule has 1 heterocycles. The first kappa shape index (κ1) is 14.0. The fourth-order valence-electron chi connectivity index (χ4n) is 1.88. The molecule has 1 atom stereocenters. The molecule has 0 saturated carbocycles. The Labute approximate surface area is 113 Å². The average molecular weight is 282 g/mol. The molecule has 0 radical (unpaired) electrons. The molecule has 0 fully saturated rings. The molecule has 2 aromatic rings. The number of hydrogen-bond acceptors (Lipinski definition) is 4. The van der Waals surface area contributed by atoms with E-state index in [9.17, 15) is 13.6 Å². The fraction of sp³-hybridized carbons (Fsp3) is 0.333. The number of aliphatic carboxylic acids is 1. The molecule has 0 aliphatic heterocycles. The van der Waals surface area contributed by atoms with E-state index in [2.05, 4.69) is 15.5 Å². The normalized spacial score (nSPS) is 12.3. The molecule has 106 valence electrons. The van der Waals surface area contributed by atoms with Crippen LogP contribution in [0.4, 0.5) is 8.78 Å². The van der Waals surface area contributed by atoms with Crippen LogP contribution in [0.15, 0.2) is 18.2 Å².